The van der Waals surface area contributed by atoms with E-state index in [0.29, 0.717) is 36.9 Å². The normalized spacial score (nSPS) is 14.9. The molecule has 3 heterocycles. The van der Waals surface area contributed by atoms with Crippen LogP contribution in [0.25, 0.3) is 5.82 Å². The van der Waals surface area contributed by atoms with Crippen LogP contribution < -0.4 is 10.2 Å². The van der Waals surface area contributed by atoms with Gasteiger partial charge in [-0.05, 0) is 30.3 Å². The van der Waals surface area contributed by atoms with Crippen LogP contribution in [0.2, 0.25) is 0 Å². The Morgan fingerprint density at radius 3 is 1.91 bits per heavy atom. The maximum atomic E-state index is 13.0. The van der Waals surface area contributed by atoms with Gasteiger partial charge in [-0.25, -0.2) is 14.8 Å². The van der Waals surface area contributed by atoms with Gasteiger partial charge >= 0.3 is 18.4 Å². The molecule has 2 amide bonds. The predicted octanol–water partition coefficient (Wildman–Crippen LogP) is 4.66. The number of urea groups is 1. The van der Waals surface area contributed by atoms with E-state index >= 15 is 0 Å². The Hall–Kier alpha value is -3.77. The van der Waals surface area contributed by atoms with E-state index in [4.69, 9.17) is 0 Å². The number of rotatable bonds is 3. The fraction of sp³-hybridized carbons (Fsp3) is 0.286. The predicted molar refractivity (Wildman–Crippen MR) is 111 cm³/mol. The van der Waals surface area contributed by atoms with Gasteiger partial charge in [0.15, 0.2) is 0 Å². The van der Waals surface area contributed by atoms with Crippen LogP contribution in [0.5, 0.6) is 0 Å². The summed E-state index contributed by atoms with van der Waals surface area (Å²) in [6, 6.07) is 5.65. The molecule has 0 atom stereocenters. The van der Waals surface area contributed by atoms with Gasteiger partial charge in [0, 0.05) is 50.3 Å². The second kappa shape index (κ2) is 8.88. The molecule has 2 aromatic heterocycles. The van der Waals surface area contributed by atoms with Crippen LogP contribution in [-0.4, -0.2) is 51.6 Å². The number of hydrogen-bond acceptors (Lipinski definition) is 4. The van der Waals surface area contributed by atoms with Crippen LogP contribution in [-0.2, 0) is 12.4 Å². The molecule has 1 aliphatic heterocycles. The number of alkyl halides is 6. The summed E-state index contributed by atoms with van der Waals surface area (Å²) in [6.07, 6.45) is -4.93. The average molecular weight is 484 g/mol. The summed E-state index contributed by atoms with van der Waals surface area (Å²) in [5.41, 5.74) is -3.57. The number of piperazine rings is 1. The summed E-state index contributed by atoms with van der Waals surface area (Å²) >= 11 is 0. The minimum absolute atomic E-state index is 0.0120. The van der Waals surface area contributed by atoms with Gasteiger partial charge in [0.1, 0.15) is 18.0 Å². The van der Waals surface area contributed by atoms with Gasteiger partial charge in [-0.15, -0.1) is 0 Å². The van der Waals surface area contributed by atoms with E-state index in [0.717, 1.165) is 0 Å². The van der Waals surface area contributed by atoms with Crippen LogP contribution >= 0.6 is 0 Å². The molecule has 0 spiro atoms. The molecule has 0 bridgehead atoms. The number of hydrogen-bond donors (Lipinski definition) is 1. The molecule has 180 valence electrons. The van der Waals surface area contributed by atoms with Crippen LogP contribution in [0.1, 0.15) is 11.1 Å². The van der Waals surface area contributed by atoms with Gasteiger partial charge in [0.25, 0.3) is 0 Å². The van der Waals surface area contributed by atoms with Gasteiger partial charge in [0.2, 0.25) is 0 Å². The minimum Gasteiger partial charge on any atom is -0.353 e. The van der Waals surface area contributed by atoms with Crippen molar-refractivity contribution in [2.45, 2.75) is 12.4 Å². The largest absolute Gasteiger partial charge is 0.416 e. The fourth-order valence-corrected chi connectivity index (χ4v) is 3.51. The van der Waals surface area contributed by atoms with Crippen molar-refractivity contribution in [2.75, 3.05) is 36.4 Å². The summed E-state index contributed by atoms with van der Waals surface area (Å²) in [6.45, 7) is 1.12. The number of aromatic nitrogens is 3. The second-order valence-electron chi connectivity index (χ2n) is 7.52. The zero-order chi connectivity index (χ0) is 24.5. The molecule has 4 rings (SSSR count). The molecule has 0 aliphatic carbocycles. The van der Waals surface area contributed by atoms with Crippen molar-refractivity contribution in [2.24, 2.45) is 0 Å². The molecule has 3 aromatic rings. The molecule has 34 heavy (non-hydrogen) atoms. The highest BCUT2D eigenvalue weighted by atomic mass is 19.4. The molecule has 13 heteroatoms. The number of amides is 2. The summed E-state index contributed by atoms with van der Waals surface area (Å²) in [4.78, 5) is 24.2. The number of nitrogens with one attached hydrogen (secondary N) is 1. The lowest BCUT2D eigenvalue weighted by atomic mass is 10.1. The van der Waals surface area contributed by atoms with Crippen molar-refractivity contribution in [3.8, 4) is 5.82 Å². The fourth-order valence-electron chi connectivity index (χ4n) is 3.51. The molecular formula is C21H18F6N6O. The number of anilines is 2. The van der Waals surface area contributed by atoms with Crippen molar-refractivity contribution in [1.82, 2.24) is 19.4 Å². The lowest BCUT2D eigenvalue weighted by Gasteiger charge is -2.35. The number of carbonyl (C=O) groups is 1. The SMILES string of the molecule is O=C(Nc1cc(C(F)(F)F)cc(C(F)(F)F)c1)N1CCN(c2cc(-n3cccc3)ncn2)CC1. The Morgan fingerprint density at radius 1 is 0.794 bits per heavy atom. The minimum atomic E-state index is -5.00. The Bertz CT molecular complexity index is 1120. The van der Waals surface area contributed by atoms with E-state index in [2.05, 4.69) is 15.3 Å². The van der Waals surface area contributed by atoms with Crippen molar-refractivity contribution in [3.63, 3.8) is 0 Å². The van der Waals surface area contributed by atoms with Gasteiger partial charge < -0.3 is 19.7 Å². The molecule has 1 N–H and O–H groups in total. The Kier molecular flexibility index (Phi) is 6.11. The lowest BCUT2D eigenvalue weighted by molar-refractivity contribution is -0.143. The summed E-state index contributed by atoms with van der Waals surface area (Å²) in [5.74, 6) is 1.28. The summed E-state index contributed by atoms with van der Waals surface area (Å²) in [7, 11) is 0. The van der Waals surface area contributed by atoms with Gasteiger partial charge in [-0.2, -0.15) is 26.3 Å². The Labute approximate surface area is 189 Å². The van der Waals surface area contributed by atoms with Crippen LogP contribution in [0.4, 0.5) is 42.6 Å². The monoisotopic (exact) mass is 484 g/mol. The Morgan fingerprint density at radius 2 is 1.35 bits per heavy atom. The van der Waals surface area contributed by atoms with E-state index in [1.807, 2.05) is 29.4 Å². The number of benzene rings is 1. The highest BCUT2D eigenvalue weighted by molar-refractivity contribution is 5.89. The molecule has 1 fully saturated rings. The molecule has 0 saturated carbocycles. The van der Waals surface area contributed by atoms with E-state index in [1.54, 1.807) is 10.6 Å². The van der Waals surface area contributed by atoms with Gasteiger partial charge in [0.05, 0.1) is 11.1 Å². The number of nitrogens with zero attached hydrogens (tertiary/aromatic N) is 5. The average Bonchev–Trinajstić information content (AvgIpc) is 3.33. The molecule has 1 aromatic carbocycles. The van der Waals surface area contributed by atoms with Crippen molar-refractivity contribution in [3.05, 3.63) is 66.2 Å². The van der Waals surface area contributed by atoms with E-state index in [9.17, 15) is 31.1 Å². The third-order valence-corrected chi connectivity index (χ3v) is 5.24. The lowest BCUT2D eigenvalue weighted by Crippen LogP contribution is -2.50. The van der Waals surface area contributed by atoms with Crippen LogP contribution in [0.3, 0.4) is 0 Å². The number of carbonyl (C=O) groups excluding carboxylic acids is 1. The first-order valence-corrected chi connectivity index (χ1v) is 10.1. The van der Waals surface area contributed by atoms with E-state index in [1.165, 1.54) is 11.2 Å². The third kappa shape index (κ3) is 5.24. The first-order valence-electron chi connectivity index (χ1n) is 10.1. The standard InChI is InChI=1S/C21H18F6N6O/c22-20(23,24)14-9-15(21(25,26)27)11-16(10-14)30-19(34)33-7-5-32(6-8-33)18-12-17(28-13-29-18)31-3-1-2-4-31/h1-4,9-13H,5-8H2,(H,30,34). The van der Waals surface area contributed by atoms with Crippen molar-refractivity contribution in [1.29, 1.82) is 0 Å². The van der Waals surface area contributed by atoms with Gasteiger partial charge in [-0.3, -0.25) is 0 Å². The van der Waals surface area contributed by atoms with Crippen LogP contribution in [0.15, 0.2) is 55.1 Å². The molecular weight excluding hydrogens is 466 g/mol. The topological polar surface area (TPSA) is 66.3 Å². The summed E-state index contributed by atoms with van der Waals surface area (Å²) in [5, 5.41) is 2.16. The Balaban J connectivity index is 1.43. The van der Waals surface area contributed by atoms with Gasteiger partial charge in [-0.1, -0.05) is 0 Å². The molecule has 1 saturated heterocycles. The first kappa shape index (κ1) is 23.4. The molecule has 7 nitrogen and oxygen atoms in total. The highest BCUT2D eigenvalue weighted by Crippen LogP contribution is 2.37. The highest BCUT2D eigenvalue weighted by Gasteiger charge is 2.37. The quantitative estimate of drug-likeness (QED) is 0.550. The van der Waals surface area contributed by atoms with Crippen molar-refractivity contribution >= 4 is 17.5 Å². The smallest absolute Gasteiger partial charge is 0.353 e. The second-order valence-corrected chi connectivity index (χ2v) is 7.52. The van der Waals surface area contributed by atoms with Crippen molar-refractivity contribution < 1.29 is 31.1 Å². The third-order valence-electron chi connectivity index (χ3n) is 5.24. The zero-order valence-corrected chi connectivity index (χ0v) is 17.4. The zero-order valence-electron chi connectivity index (χ0n) is 17.4. The first-order chi connectivity index (χ1) is 16.0. The molecule has 1 aliphatic rings. The maximum absolute atomic E-state index is 13.0. The molecule has 0 unspecified atom stereocenters. The summed E-state index contributed by atoms with van der Waals surface area (Å²) < 4.78 is 80.1. The number of halogens is 6. The maximum Gasteiger partial charge on any atom is 0.416 e. The van der Waals surface area contributed by atoms with E-state index < -0.39 is 35.2 Å². The molecule has 0 radical (unpaired) electrons. The van der Waals surface area contributed by atoms with Crippen LogP contribution in [0, 0.1) is 0 Å². The van der Waals surface area contributed by atoms with E-state index in [-0.39, 0.29) is 19.2 Å².